The molecule has 0 aliphatic heterocycles. The zero-order valence-electron chi connectivity index (χ0n) is 17.5. The molecule has 0 fully saturated rings. The molecule has 0 amide bonds. The molecule has 2 unspecified atom stereocenters. The first-order valence-electron chi connectivity index (χ1n) is 8.25. The third-order valence-electron chi connectivity index (χ3n) is 4.17. The molecule has 0 aliphatic rings. The quantitative estimate of drug-likeness (QED) is 0.160. The number of halogens is 1. The number of hydrogen-bond donors (Lipinski definition) is 1. The zero-order chi connectivity index (χ0) is 22.0. The smallest absolute Gasteiger partial charge is 0.247 e. The van der Waals surface area contributed by atoms with Gasteiger partial charge < -0.3 is 17.3 Å². The summed E-state index contributed by atoms with van der Waals surface area (Å²) >= 11 is 9.21. The number of carboxylic acids is 1. The van der Waals surface area contributed by atoms with Crippen LogP contribution in [-0.4, -0.2) is 16.0 Å². The van der Waals surface area contributed by atoms with E-state index in [1.54, 1.807) is 0 Å². The van der Waals surface area contributed by atoms with Crippen LogP contribution in [-0.2, 0) is 20.1 Å². The van der Waals surface area contributed by atoms with Crippen molar-refractivity contribution in [2.75, 3.05) is 0 Å². The zero-order valence-corrected chi connectivity index (χ0v) is 24.5. The molecule has 2 atom stereocenters. The van der Waals surface area contributed by atoms with E-state index in [0.717, 1.165) is 12.1 Å². The fourth-order valence-corrected chi connectivity index (χ4v) is 6.18. The monoisotopic (exact) mass is 694 g/mol. The Bertz CT molecular complexity index is 1070. The van der Waals surface area contributed by atoms with E-state index < -0.39 is 16.6 Å². The van der Waals surface area contributed by atoms with Crippen LogP contribution in [0.1, 0.15) is 29.9 Å². The van der Waals surface area contributed by atoms with E-state index in [4.69, 9.17) is 16.7 Å². The van der Waals surface area contributed by atoms with E-state index in [1.165, 1.54) is 41.2 Å². The van der Waals surface area contributed by atoms with Crippen LogP contribution in [0.5, 0.6) is 0 Å². The number of aromatic carboxylic acids is 1. The van der Waals surface area contributed by atoms with E-state index in [0.29, 0.717) is 0 Å². The average molecular weight is 694 g/mol. The van der Waals surface area contributed by atoms with Gasteiger partial charge in [-0.3, -0.25) is 10.1 Å². The SMILES string of the molecule is Cc1sc(C)c(-c2c(C)sc(C)c2P)c1P.O=C(O)c1[c-]cc(Cl)c([N+](=O)[O-])c1.[CH3-].[Ir]. The number of carboxylic acid groups (broad SMARTS) is 1. The van der Waals surface area contributed by atoms with Crippen molar-refractivity contribution in [1.29, 1.82) is 0 Å². The number of hydrogen-bond acceptors (Lipinski definition) is 5. The fraction of sp³-hybridized carbons (Fsp3) is 0.200. The first-order valence-corrected chi connectivity index (χ1v) is 11.4. The van der Waals surface area contributed by atoms with Crippen molar-refractivity contribution in [1.82, 2.24) is 0 Å². The van der Waals surface area contributed by atoms with Crippen LogP contribution in [0, 0.1) is 51.3 Å². The topological polar surface area (TPSA) is 80.4 Å². The van der Waals surface area contributed by atoms with Gasteiger partial charge in [-0.15, -0.1) is 64.9 Å². The van der Waals surface area contributed by atoms with Crippen molar-refractivity contribution in [3.05, 3.63) is 65.8 Å². The van der Waals surface area contributed by atoms with Gasteiger partial charge in [0.25, 0.3) is 0 Å². The van der Waals surface area contributed by atoms with Crippen molar-refractivity contribution in [2.45, 2.75) is 27.7 Å². The van der Waals surface area contributed by atoms with Gasteiger partial charge in [-0.25, -0.2) is 0 Å². The summed E-state index contributed by atoms with van der Waals surface area (Å²) in [6.07, 6.45) is 0. The van der Waals surface area contributed by atoms with Gasteiger partial charge in [0.05, 0.1) is 0 Å². The summed E-state index contributed by atoms with van der Waals surface area (Å²) in [7, 11) is 5.80. The number of nitrogens with zero attached hydrogens (tertiary/aromatic N) is 1. The largest absolute Gasteiger partial charge is 0.521 e. The van der Waals surface area contributed by atoms with Crippen LogP contribution >= 0.6 is 52.8 Å². The Morgan fingerprint density at radius 3 is 1.77 bits per heavy atom. The van der Waals surface area contributed by atoms with Crippen LogP contribution in [0.15, 0.2) is 12.1 Å². The molecule has 1 radical (unpaired) electrons. The van der Waals surface area contributed by atoms with Gasteiger partial charge in [0.15, 0.2) is 0 Å². The van der Waals surface area contributed by atoms with Gasteiger partial charge in [0.2, 0.25) is 11.7 Å². The summed E-state index contributed by atoms with van der Waals surface area (Å²) in [5, 5.41) is 21.4. The van der Waals surface area contributed by atoms with Crippen molar-refractivity contribution < 1.29 is 34.9 Å². The van der Waals surface area contributed by atoms with E-state index in [1.807, 2.05) is 22.7 Å². The molecule has 11 heteroatoms. The number of nitro benzene ring substituents is 1. The number of nitro groups is 1. The van der Waals surface area contributed by atoms with Gasteiger partial charge in [0, 0.05) is 60.7 Å². The molecular formula is C20H22ClIrNO4P2S2-2. The maximum Gasteiger partial charge on any atom is 0.247 e. The molecule has 2 aromatic heterocycles. The third kappa shape index (κ3) is 6.88. The molecule has 0 spiro atoms. The summed E-state index contributed by atoms with van der Waals surface area (Å²) in [5.41, 5.74) is 2.15. The number of benzene rings is 1. The molecule has 171 valence electrons. The summed E-state index contributed by atoms with van der Waals surface area (Å²) in [4.78, 5) is 25.6. The normalized spacial score (nSPS) is 9.77. The van der Waals surface area contributed by atoms with E-state index >= 15 is 0 Å². The number of carbonyl (C=O) groups is 1. The van der Waals surface area contributed by atoms with Gasteiger partial charge >= 0.3 is 0 Å². The van der Waals surface area contributed by atoms with E-state index in [9.17, 15) is 14.9 Å². The molecule has 5 nitrogen and oxygen atoms in total. The molecule has 0 aliphatic carbocycles. The van der Waals surface area contributed by atoms with Crippen molar-refractivity contribution >= 4 is 75.0 Å². The second-order valence-corrected chi connectivity index (χ2v) is 10.6. The van der Waals surface area contributed by atoms with Crippen molar-refractivity contribution in [3.8, 4) is 11.1 Å². The molecule has 0 bridgehead atoms. The molecule has 1 aromatic carbocycles. The van der Waals surface area contributed by atoms with Crippen molar-refractivity contribution in [3.63, 3.8) is 0 Å². The summed E-state index contributed by atoms with van der Waals surface area (Å²) in [6, 6.07) is 4.22. The Balaban J connectivity index is 0.000000557. The molecule has 3 rings (SSSR count). The summed E-state index contributed by atoms with van der Waals surface area (Å²) in [5.74, 6) is -1.28. The predicted octanol–water partition coefficient (Wildman–Crippen LogP) is 5.91. The minimum atomic E-state index is -1.28. The number of thiophene rings is 2. The Hall–Kier alpha value is -0.711. The summed E-state index contributed by atoms with van der Waals surface area (Å²) < 4.78 is 0. The Morgan fingerprint density at radius 2 is 1.48 bits per heavy atom. The van der Waals surface area contributed by atoms with E-state index in [-0.39, 0.29) is 38.1 Å². The van der Waals surface area contributed by atoms with Gasteiger partial charge in [-0.1, -0.05) is 11.6 Å². The molecule has 1 N–H and O–H groups in total. The number of rotatable bonds is 3. The standard InChI is InChI=1S/C12H16P2S2.C7H3ClNO4.CH3.Ir/c1-5-9(11(13)7(3)15-5)10-6(2)16-8(4)12(10)14;8-5-2-1-4(7(10)11)3-6(5)9(12)13;;/h13-14H2,1-4H3;2-3H,(H,10,11);1H3;/q;2*-1;. The molecule has 3 aromatic rings. The maximum absolute atomic E-state index is 10.4. The van der Waals surface area contributed by atoms with Gasteiger partial charge in [-0.2, -0.15) is 0 Å². The Morgan fingerprint density at radius 1 is 1.06 bits per heavy atom. The fourth-order valence-electron chi connectivity index (χ4n) is 2.75. The second kappa shape index (κ2) is 12.5. The Kier molecular flexibility index (Phi) is 12.2. The molecule has 0 saturated carbocycles. The average Bonchev–Trinajstić information content (AvgIpc) is 3.02. The summed E-state index contributed by atoms with van der Waals surface area (Å²) in [6.45, 7) is 8.83. The van der Waals surface area contributed by atoms with Crippen LogP contribution < -0.4 is 10.6 Å². The molecule has 31 heavy (non-hydrogen) atoms. The Labute approximate surface area is 213 Å². The first kappa shape index (κ1) is 30.3. The molecular weight excluding hydrogens is 672 g/mol. The minimum Gasteiger partial charge on any atom is -0.521 e. The maximum atomic E-state index is 10.4. The number of aryl methyl sites for hydroxylation is 4. The van der Waals surface area contributed by atoms with Crippen LogP contribution in [0.2, 0.25) is 5.02 Å². The van der Waals surface area contributed by atoms with Crippen LogP contribution in [0.3, 0.4) is 0 Å². The van der Waals surface area contributed by atoms with Gasteiger partial charge in [0.1, 0.15) is 0 Å². The van der Waals surface area contributed by atoms with Gasteiger partial charge in [-0.05, 0) is 38.3 Å². The first-order chi connectivity index (χ1) is 13.5. The van der Waals surface area contributed by atoms with E-state index in [2.05, 4.69) is 52.2 Å². The molecule has 0 saturated heterocycles. The second-order valence-electron chi connectivity index (χ2n) is 6.15. The predicted molar refractivity (Wildman–Crippen MR) is 136 cm³/mol. The molecule has 2 heterocycles. The third-order valence-corrected chi connectivity index (χ3v) is 8.41. The minimum absolute atomic E-state index is 0. The van der Waals surface area contributed by atoms with Crippen LogP contribution in [0.25, 0.3) is 11.1 Å². The van der Waals surface area contributed by atoms with Crippen LogP contribution in [0.4, 0.5) is 5.69 Å². The van der Waals surface area contributed by atoms with Crippen molar-refractivity contribution in [2.24, 2.45) is 0 Å².